The zero-order valence-corrected chi connectivity index (χ0v) is 10.7. The number of aromatic nitrogens is 1. The van der Waals surface area contributed by atoms with Gasteiger partial charge in [-0.25, -0.2) is 0 Å². The topological polar surface area (TPSA) is 62.2 Å². The van der Waals surface area contributed by atoms with Gasteiger partial charge >= 0.3 is 5.97 Å². The van der Waals surface area contributed by atoms with Crippen LogP contribution in [0.5, 0.6) is 0 Å². The summed E-state index contributed by atoms with van der Waals surface area (Å²) in [5.41, 5.74) is 0.331. The van der Waals surface area contributed by atoms with Gasteiger partial charge in [0.2, 0.25) is 0 Å². The van der Waals surface area contributed by atoms with Crippen LogP contribution in [-0.4, -0.2) is 21.6 Å². The molecule has 4 heteroatoms. The second-order valence-corrected chi connectivity index (χ2v) is 5.09. The Kier molecular flexibility index (Phi) is 3.97. The summed E-state index contributed by atoms with van der Waals surface area (Å²) in [6.45, 7) is 2.01. The minimum absolute atomic E-state index is 0.0298. The molecule has 0 amide bonds. The first kappa shape index (κ1) is 13.0. The number of hydrogen-bond donors (Lipinski definition) is 2. The highest BCUT2D eigenvalue weighted by Crippen LogP contribution is 2.31. The molecular weight excluding hydrogens is 228 g/mol. The summed E-state index contributed by atoms with van der Waals surface area (Å²) >= 11 is 0. The van der Waals surface area contributed by atoms with Crippen molar-refractivity contribution in [2.45, 2.75) is 50.6 Å². The molecule has 0 aliphatic heterocycles. The minimum atomic E-state index is -0.749. The number of nitrogens with zero attached hydrogens (tertiary/aromatic N) is 1. The highest BCUT2D eigenvalue weighted by atomic mass is 16.4. The van der Waals surface area contributed by atoms with Crippen LogP contribution in [0, 0.1) is 0 Å². The zero-order valence-electron chi connectivity index (χ0n) is 10.7. The SMILES string of the molecule is CC(NC1(C(=O)O)CCCCC1)c1ccncc1. The number of nitrogens with one attached hydrogen (secondary N) is 1. The fourth-order valence-corrected chi connectivity index (χ4v) is 2.73. The Labute approximate surface area is 107 Å². The third-order valence-electron chi connectivity index (χ3n) is 3.82. The van der Waals surface area contributed by atoms with Gasteiger partial charge in [0.1, 0.15) is 5.54 Å². The van der Waals surface area contributed by atoms with Gasteiger partial charge in [-0.15, -0.1) is 0 Å². The summed E-state index contributed by atoms with van der Waals surface area (Å²) in [5.74, 6) is -0.719. The molecule has 0 radical (unpaired) electrons. The largest absolute Gasteiger partial charge is 0.480 e. The molecule has 2 rings (SSSR count). The van der Waals surface area contributed by atoms with Gasteiger partial charge in [-0.2, -0.15) is 0 Å². The molecule has 18 heavy (non-hydrogen) atoms. The summed E-state index contributed by atoms with van der Waals surface area (Å²) < 4.78 is 0. The molecule has 1 saturated carbocycles. The Bertz CT molecular complexity index is 400. The number of carboxylic acid groups (broad SMARTS) is 1. The van der Waals surface area contributed by atoms with E-state index in [2.05, 4.69) is 10.3 Å². The lowest BCUT2D eigenvalue weighted by atomic mass is 9.81. The summed E-state index contributed by atoms with van der Waals surface area (Å²) in [7, 11) is 0. The Balaban J connectivity index is 2.12. The van der Waals surface area contributed by atoms with E-state index in [0.29, 0.717) is 0 Å². The third kappa shape index (κ3) is 2.70. The summed E-state index contributed by atoms with van der Waals surface area (Å²) in [5, 5.41) is 12.8. The second-order valence-electron chi connectivity index (χ2n) is 5.09. The fourth-order valence-electron chi connectivity index (χ4n) is 2.73. The maximum absolute atomic E-state index is 11.6. The Morgan fingerprint density at radius 1 is 1.33 bits per heavy atom. The van der Waals surface area contributed by atoms with E-state index in [1.807, 2.05) is 19.1 Å². The highest BCUT2D eigenvalue weighted by molar-refractivity contribution is 5.79. The van der Waals surface area contributed by atoms with Gasteiger partial charge in [0.05, 0.1) is 0 Å². The van der Waals surface area contributed by atoms with Crippen molar-refractivity contribution in [2.75, 3.05) is 0 Å². The summed E-state index contributed by atoms with van der Waals surface area (Å²) in [6.07, 6.45) is 8.03. The van der Waals surface area contributed by atoms with Crippen molar-refractivity contribution >= 4 is 5.97 Å². The van der Waals surface area contributed by atoms with E-state index < -0.39 is 11.5 Å². The van der Waals surface area contributed by atoms with Crippen molar-refractivity contribution in [3.8, 4) is 0 Å². The van der Waals surface area contributed by atoms with Crippen molar-refractivity contribution in [1.29, 1.82) is 0 Å². The van der Waals surface area contributed by atoms with Crippen LogP contribution in [0.3, 0.4) is 0 Å². The van der Waals surface area contributed by atoms with Gasteiger partial charge in [0, 0.05) is 18.4 Å². The minimum Gasteiger partial charge on any atom is -0.480 e. The van der Waals surface area contributed by atoms with E-state index in [0.717, 1.165) is 37.7 Å². The van der Waals surface area contributed by atoms with Crippen LogP contribution in [0.2, 0.25) is 0 Å². The number of rotatable bonds is 4. The first-order valence-electron chi connectivity index (χ1n) is 6.55. The van der Waals surface area contributed by atoms with Crippen LogP contribution in [0.15, 0.2) is 24.5 Å². The van der Waals surface area contributed by atoms with E-state index in [4.69, 9.17) is 0 Å². The van der Waals surface area contributed by atoms with Gasteiger partial charge in [-0.05, 0) is 37.5 Å². The lowest BCUT2D eigenvalue weighted by Gasteiger charge is -2.36. The van der Waals surface area contributed by atoms with Crippen molar-refractivity contribution in [2.24, 2.45) is 0 Å². The van der Waals surface area contributed by atoms with Crippen molar-refractivity contribution in [1.82, 2.24) is 10.3 Å². The number of hydrogen-bond acceptors (Lipinski definition) is 3. The number of carbonyl (C=O) groups is 1. The van der Waals surface area contributed by atoms with E-state index in [1.165, 1.54) is 0 Å². The molecule has 1 atom stereocenters. The molecule has 1 aromatic rings. The van der Waals surface area contributed by atoms with Crippen LogP contribution >= 0.6 is 0 Å². The predicted molar refractivity (Wildman–Crippen MR) is 69.2 cm³/mol. The molecule has 1 aliphatic carbocycles. The van der Waals surface area contributed by atoms with Crippen LogP contribution in [-0.2, 0) is 4.79 Å². The van der Waals surface area contributed by atoms with Crippen LogP contribution in [0.4, 0.5) is 0 Å². The molecular formula is C14H20N2O2. The third-order valence-corrected chi connectivity index (χ3v) is 3.82. The van der Waals surface area contributed by atoms with Gasteiger partial charge in [-0.1, -0.05) is 19.3 Å². The summed E-state index contributed by atoms with van der Waals surface area (Å²) in [4.78, 5) is 15.6. The van der Waals surface area contributed by atoms with Gasteiger partial charge in [0.25, 0.3) is 0 Å². The predicted octanol–water partition coefficient (Wildman–Crippen LogP) is 2.52. The standard InChI is InChI=1S/C14H20N2O2/c1-11(12-5-9-15-10-6-12)16-14(13(17)18)7-3-2-4-8-14/h5-6,9-11,16H,2-4,7-8H2,1H3,(H,17,18). The molecule has 98 valence electrons. The molecule has 4 nitrogen and oxygen atoms in total. The smallest absolute Gasteiger partial charge is 0.323 e. The first-order valence-corrected chi connectivity index (χ1v) is 6.55. The normalized spacial score (nSPS) is 20.3. The summed E-state index contributed by atoms with van der Waals surface area (Å²) in [6, 6.07) is 3.88. The Hall–Kier alpha value is -1.42. The molecule has 1 fully saturated rings. The van der Waals surface area contributed by atoms with Gasteiger partial charge < -0.3 is 5.11 Å². The van der Waals surface area contributed by atoms with E-state index >= 15 is 0 Å². The highest BCUT2D eigenvalue weighted by Gasteiger charge is 2.40. The number of aliphatic carboxylic acids is 1. The van der Waals surface area contributed by atoms with E-state index in [9.17, 15) is 9.90 Å². The maximum Gasteiger partial charge on any atom is 0.323 e. The van der Waals surface area contributed by atoms with Crippen LogP contribution in [0.1, 0.15) is 50.6 Å². The van der Waals surface area contributed by atoms with Gasteiger partial charge in [0.15, 0.2) is 0 Å². The average molecular weight is 248 g/mol. The van der Waals surface area contributed by atoms with Crippen LogP contribution in [0.25, 0.3) is 0 Å². The molecule has 0 spiro atoms. The zero-order chi connectivity index (χ0) is 13.0. The lowest BCUT2D eigenvalue weighted by molar-refractivity contribution is -0.146. The first-order chi connectivity index (χ1) is 8.64. The molecule has 1 aliphatic rings. The average Bonchev–Trinajstić information content (AvgIpc) is 2.40. The maximum atomic E-state index is 11.6. The lowest BCUT2D eigenvalue weighted by Crippen LogP contribution is -2.54. The second kappa shape index (κ2) is 5.48. The molecule has 2 N–H and O–H groups in total. The fraction of sp³-hybridized carbons (Fsp3) is 0.571. The number of pyridine rings is 1. The molecule has 1 heterocycles. The molecule has 0 saturated heterocycles. The van der Waals surface area contributed by atoms with Crippen molar-refractivity contribution < 1.29 is 9.90 Å². The van der Waals surface area contributed by atoms with Crippen molar-refractivity contribution in [3.05, 3.63) is 30.1 Å². The molecule has 0 bridgehead atoms. The van der Waals surface area contributed by atoms with Crippen molar-refractivity contribution in [3.63, 3.8) is 0 Å². The van der Waals surface area contributed by atoms with Crippen LogP contribution < -0.4 is 5.32 Å². The van der Waals surface area contributed by atoms with E-state index in [-0.39, 0.29) is 6.04 Å². The Morgan fingerprint density at radius 2 is 1.94 bits per heavy atom. The van der Waals surface area contributed by atoms with E-state index in [1.54, 1.807) is 12.4 Å². The number of carboxylic acids is 1. The quantitative estimate of drug-likeness (QED) is 0.859. The molecule has 1 aromatic heterocycles. The molecule has 0 aromatic carbocycles. The van der Waals surface area contributed by atoms with Gasteiger partial charge in [-0.3, -0.25) is 15.1 Å². The Morgan fingerprint density at radius 3 is 2.50 bits per heavy atom. The molecule has 1 unspecified atom stereocenters. The monoisotopic (exact) mass is 248 g/mol.